The summed E-state index contributed by atoms with van der Waals surface area (Å²) in [5, 5.41) is 55.0. The summed E-state index contributed by atoms with van der Waals surface area (Å²) in [6, 6.07) is -0.913. The number of amides is 1. The van der Waals surface area contributed by atoms with E-state index in [1.807, 2.05) is 0 Å². The predicted octanol–water partition coefficient (Wildman–Crippen LogP) is 11.1. The first-order chi connectivity index (χ1) is 28.3. The molecule has 0 aromatic carbocycles. The number of carbonyl (C=O) groups is 1. The molecule has 0 bridgehead atoms. The number of nitrogens with one attached hydrogen (secondary N) is 1. The molecule has 0 aromatic heterocycles. The predicted molar refractivity (Wildman–Crippen MR) is 240 cm³/mol. The number of carbonyl (C=O) groups excluding carboxylic acids is 1. The lowest BCUT2D eigenvalue weighted by atomic mass is 9.99. The Hall–Kier alpha value is -0.810. The molecule has 9 heteroatoms. The van der Waals surface area contributed by atoms with Gasteiger partial charge in [0.25, 0.3) is 0 Å². The van der Waals surface area contributed by atoms with Gasteiger partial charge in [-0.2, -0.15) is 0 Å². The topological polar surface area (TPSA) is 149 Å². The third-order valence-electron chi connectivity index (χ3n) is 12.4. The highest BCUT2D eigenvalue weighted by atomic mass is 16.7. The molecule has 0 saturated carbocycles. The molecule has 0 aromatic rings. The van der Waals surface area contributed by atoms with Crippen molar-refractivity contribution in [2.45, 2.75) is 294 Å². The zero-order valence-corrected chi connectivity index (χ0v) is 38.1. The Labute approximate surface area is 357 Å². The van der Waals surface area contributed by atoms with Crippen molar-refractivity contribution in [2.75, 3.05) is 13.2 Å². The van der Waals surface area contributed by atoms with E-state index in [2.05, 4.69) is 19.2 Å². The molecule has 1 aliphatic rings. The Kier molecular flexibility index (Phi) is 38.3. The van der Waals surface area contributed by atoms with Crippen LogP contribution in [0.15, 0.2) is 0 Å². The normalized spacial score (nSPS) is 20.0. The average Bonchev–Trinajstić information content (AvgIpc) is 3.22. The molecule has 9 nitrogen and oxygen atoms in total. The molecule has 0 radical (unpaired) electrons. The van der Waals surface area contributed by atoms with E-state index in [0.29, 0.717) is 12.8 Å². The molecule has 58 heavy (non-hydrogen) atoms. The van der Waals surface area contributed by atoms with Gasteiger partial charge in [0, 0.05) is 6.42 Å². The standard InChI is InChI=1S/C49H97NO8/c1-3-5-7-9-11-13-15-17-18-19-20-21-22-23-24-25-26-27-29-31-33-35-37-39-45(53)50-42(40-57-49-48(56)47(55)44(52)41-58-49)46(54)43(51)38-36-34-32-30-28-16-14-12-10-8-6-4-2/h42-44,46-49,51-52,54-56H,3-41H2,1-2H3,(H,50,53)/t42-,43+,44-,46-,47-,48+,49-/m0/s1. The minimum atomic E-state index is -1.47. The van der Waals surface area contributed by atoms with Crippen LogP contribution < -0.4 is 5.32 Å². The van der Waals surface area contributed by atoms with Crippen LogP contribution in [0.1, 0.15) is 251 Å². The number of aliphatic hydroxyl groups excluding tert-OH is 5. The van der Waals surface area contributed by atoms with Gasteiger partial charge in [0.2, 0.25) is 5.91 Å². The summed E-state index contributed by atoms with van der Waals surface area (Å²) in [5.74, 6) is -0.214. The van der Waals surface area contributed by atoms with Crippen LogP contribution in [0.2, 0.25) is 0 Å². The Bertz CT molecular complexity index is 880. The van der Waals surface area contributed by atoms with Crippen LogP contribution in [0.25, 0.3) is 0 Å². The summed E-state index contributed by atoms with van der Waals surface area (Å²) in [6.45, 7) is 4.11. The minimum absolute atomic E-state index is 0.205. The maximum absolute atomic E-state index is 13.0. The molecular weight excluding hydrogens is 731 g/mol. The quantitative estimate of drug-likeness (QED) is 0.0333. The van der Waals surface area contributed by atoms with E-state index >= 15 is 0 Å². The summed E-state index contributed by atoms with van der Waals surface area (Å²) in [6.07, 6.45) is 38.0. The second-order valence-electron chi connectivity index (χ2n) is 18.0. The first kappa shape index (κ1) is 55.2. The molecule has 1 saturated heterocycles. The van der Waals surface area contributed by atoms with Gasteiger partial charge in [-0.1, -0.05) is 232 Å². The lowest BCUT2D eigenvalue weighted by molar-refractivity contribution is -0.272. The van der Waals surface area contributed by atoms with Crippen LogP contribution in [0.3, 0.4) is 0 Å². The third kappa shape index (κ3) is 31.1. The molecule has 0 spiro atoms. The van der Waals surface area contributed by atoms with Gasteiger partial charge in [-0.25, -0.2) is 0 Å². The van der Waals surface area contributed by atoms with Gasteiger partial charge >= 0.3 is 0 Å². The van der Waals surface area contributed by atoms with Crippen LogP contribution in [0.5, 0.6) is 0 Å². The van der Waals surface area contributed by atoms with Crippen LogP contribution in [-0.4, -0.2) is 87.5 Å². The van der Waals surface area contributed by atoms with Gasteiger partial charge in [0.1, 0.15) is 24.4 Å². The molecule has 1 rings (SSSR count). The fourth-order valence-electron chi connectivity index (χ4n) is 8.33. The highest BCUT2D eigenvalue weighted by Crippen LogP contribution is 2.20. The summed E-state index contributed by atoms with van der Waals surface area (Å²) in [7, 11) is 0. The average molecular weight is 828 g/mol. The fraction of sp³-hybridized carbons (Fsp3) is 0.980. The number of aliphatic hydroxyl groups is 5. The molecule has 1 amide bonds. The number of hydrogen-bond acceptors (Lipinski definition) is 8. The van der Waals surface area contributed by atoms with Crippen molar-refractivity contribution in [3.05, 3.63) is 0 Å². The smallest absolute Gasteiger partial charge is 0.220 e. The summed E-state index contributed by atoms with van der Waals surface area (Å²) in [5.41, 5.74) is 0. The zero-order valence-electron chi connectivity index (χ0n) is 38.1. The van der Waals surface area contributed by atoms with Gasteiger partial charge in [0.05, 0.1) is 25.4 Å². The van der Waals surface area contributed by atoms with E-state index in [9.17, 15) is 30.3 Å². The van der Waals surface area contributed by atoms with Crippen molar-refractivity contribution >= 4 is 5.91 Å². The first-order valence-corrected chi connectivity index (χ1v) is 25.2. The molecule has 0 aliphatic carbocycles. The Morgan fingerprint density at radius 3 is 1.26 bits per heavy atom. The SMILES string of the molecule is CCCCCCCCCCCCCCCCCCCCCCCCCC(=O)N[C@@H](CO[C@H]1OC[C@H](O)[C@H](O)[C@H]1O)[C@H](O)[C@H](O)CCCCCCCCCCCCCC. The van der Waals surface area contributed by atoms with Crippen LogP contribution in [0, 0.1) is 0 Å². The van der Waals surface area contributed by atoms with Gasteiger partial charge < -0.3 is 40.3 Å². The van der Waals surface area contributed by atoms with Crippen molar-refractivity contribution in [3.8, 4) is 0 Å². The first-order valence-electron chi connectivity index (χ1n) is 25.2. The maximum atomic E-state index is 13.0. The van der Waals surface area contributed by atoms with Crippen molar-refractivity contribution < 1.29 is 39.8 Å². The van der Waals surface area contributed by atoms with E-state index < -0.39 is 42.9 Å². The largest absolute Gasteiger partial charge is 0.390 e. The van der Waals surface area contributed by atoms with Gasteiger partial charge in [-0.05, 0) is 12.8 Å². The lowest BCUT2D eigenvalue weighted by Crippen LogP contribution is -2.56. The van der Waals surface area contributed by atoms with Gasteiger partial charge in [-0.3, -0.25) is 4.79 Å². The number of rotatable bonds is 43. The Morgan fingerprint density at radius 1 is 0.534 bits per heavy atom. The summed E-state index contributed by atoms with van der Waals surface area (Å²) in [4.78, 5) is 13.0. The van der Waals surface area contributed by atoms with E-state index in [-0.39, 0.29) is 19.1 Å². The highest BCUT2D eigenvalue weighted by molar-refractivity contribution is 5.76. The zero-order chi connectivity index (χ0) is 42.3. The Morgan fingerprint density at radius 2 is 0.879 bits per heavy atom. The summed E-state index contributed by atoms with van der Waals surface area (Å²) >= 11 is 0. The monoisotopic (exact) mass is 828 g/mol. The van der Waals surface area contributed by atoms with E-state index in [0.717, 1.165) is 38.5 Å². The molecule has 1 heterocycles. The second-order valence-corrected chi connectivity index (χ2v) is 18.0. The number of hydrogen-bond donors (Lipinski definition) is 6. The van der Waals surface area contributed by atoms with Gasteiger partial charge in [-0.15, -0.1) is 0 Å². The van der Waals surface area contributed by atoms with Crippen molar-refractivity contribution in [1.29, 1.82) is 0 Å². The molecule has 1 fully saturated rings. The lowest BCUT2D eigenvalue weighted by Gasteiger charge is -2.36. The number of ether oxygens (including phenoxy) is 2. The third-order valence-corrected chi connectivity index (χ3v) is 12.4. The van der Waals surface area contributed by atoms with Gasteiger partial charge in [0.15, 0.2) is 6.29 Å². The maximum Gasteiger partial charge on any atom is 0.220 e. The molecule has 6 N–H and O–H groups in total. The van der Waals surface area contributed by atoms with E-state index in [1.165, 1.54) is 186 Å². The number of unbranched alkanes of at least 4 members (excludes halogenated alkanes) is 33. The van der Waals surface area contributed by atoms with Crippen LogP contribution in [-0.2, 0) is 14.3 Å². The van der Waals surface area contributed by atoms with E-state index in [4.69, 9.17) is 9.47 Å². The molecular formula is C49H97NO8. The van der Waals surface area contributed by atoms with E-state index in [1.54, 1.807) is 0 Å². The van der Waals surface area contributed by atoms with Crippen molar-refractivity contribution in [2.24, 2.45) is 0 Å². The molecule has 7 atom stereocenters. The fourth-order valence-corrected chi connectivity index (χ4v) is 8.33. The van der Waals surface area contributed by atoms with Crippen LogP contribution in [0.4, 0.5) is 0 Å². The molecule has 1 aliphatic heterocycles. The molecule has 346 valence electrons. The van der Waals surface area contributed by atoms with Crippen LogP contribution >= 0.6 is 0 Å². The van der Waals surface area contributed by atoms with Crippen molar-refractivity contribution in [1.82, 2.24) is 5.32 Å². The molecule has 0 unspecified atom stereocenters. The highest BCUT2D eigenvalue weighted by Gasteiger charge is 2.39. The minimum Gasteiger partial charge on any atom is -0.390 e. The Balaban J connectivity index is 2.19. The summed E-state index contributed by atoms with van der Waals surface area (Å²) < 4.78 is 11.0. The van der Waals surface area contributed by atoms with Crippen molar-refractivity contribution in [3.63, 3.8) is 0 Å². The second kappa shape index (κ2) is 40.3.